The summed E-state index contributed by atoms with van der Waals surface area (Å²) in [6, 6.07) is 9.63. The van der Waals surface area contributed by atoms with E-state index in [0.717, 1.165) is 42.4 Å². The molecule has 0 saturated carbocycles. The van der Waals surface area contributed by atoms with Crippen LogP contribution in [0.4, 0.5) is 13.2 Å². The first-order valence-corrected chi connectivity index (χ1v) is 8.88. The summed E-state index contributed by atoms with van der Waals surface area (Å²) in [6.07, 6.45) is -1.66. The molecule has 0 amide bonds. The molecule has 4 bridgehead atoms. The molecule has 1 aliphatic carbocycles. The van der Waals surface area contributed by atoms with Gasteiger partial charge in [0.25, 0.3) is 5.78 Å². The van der Waals surface area contributed by atoms with Crippen LogP contribution in [0.15, 0.2) is 36.4 Å². The molecule has 1 N–H and O–H groups in total. The molecule has 2 aromatic rings. The molecule has 0 fully saturated rings. The van der Waals surface area contributed by atoms with Gasteiger partial charge in [-0.25, -0.2) is 0 Å². The summed E-state index contributed by atoms with van der Waals surface area (Å²) in [5.41, 5.74) is 7.11. The second-order valence-corrected chi connectivity index (χ2v) is 7.01. The van der Waals surface area contributed by atoms with Gasteiger partial charge in [-0.3, -0.25) is 4.79 Å². The SMILES string of the molecule is Cc1c2cccc1CCc1cc(/C(O)=C/C(=O)C(F)(F)F)cc(c1C)CC2. The lowest BCUT2D eigenvalue weighted by molar-refractivity contribution is -0.165. The largest absolute Gasteiger partial charge is 0.507 e. The zero-order valence-corrected chi connectivity index (χ0v) is 15.3. The number of ketones is 1. The summed E-state index contributed by atoms with van der Waals surface area (Å²) in [7, 11) is 0. The number of hydrogen-bond acceptors (Lipinski definition) is 2. The van der Waals surface area contributed by atoms with Gasteiger partial charge in [-0.1, -0.05) is 18.2 Å². The number of carbonyl (C=O) groups excluding carboxylic acids is 1. The summed E-state index contributed by atoms with van der Waals surface area (Å²) >= 11 is 0. The topological polar surface area (TPSA) is 37.3 Å². The number of benzene rings is 2. The fraction of sp³-hybridized carbons (Fsp3) is 0.318. The van der Waals surface area contributed by atoms with Crippen molar-refractivity contribution in [2.45, 2.75) is 45.7 Å². The number of aryl methyl sites for hydroxylation is 4. The van der Waals surface area contributed by atoms with Crippen LogP contribution in [0.2, 0.25) is 0 Å². The van der Waals surface area contributed by atoms with Crippen molar-refractivity contribution in [3.05, 3.63) is 75.4 Å². The smallest absolute Gasteiger partial charge is 0.454 e. The lowest BCUT2D eigenvalue weighted by atomic mass is 9.87. The van der Waals surface area contributed by atoms with Gasteiger partial charge in [0.1, 0.15) is 5.76 Å². The van der Waals surface area contributed by atoms with Gasteiger partial charge in [0.05, 0.1) is 0 Å². The van der Waals surface area contributed by atoms with Gasteiger partial charge in [0.15, 0.2) is 0 Å². The molecule has 1 aliphatic rings. The first-order valence-electron chi connectivity index (χ1n) is 8.88. The van der Waals surface area contributed by atoms with Gasteiger partial charge in [0.2, 0.25) is 0 Å². The van der Waals surface area contributed by atoms with Crippen molar-refractivity contribution >= 4 is 11.5 Å². The summed E-state index contributed by atoms with van der Waals surface area (Å²) < 4.78 is 37.5. The number of allylic oxidation sites excluding steroid dienone is 1. The average Bonchev–Trinajstić information content (AvgIpc) is 2.59. The highest BCUT2D eigenvalue weighted by Crippen LogP contribution is 2.28. The van der Waals surface area contributed by atoms with Crippen LogP contribution < -0.4 is 0 Å². The maximum atomic E-state index is 12.5. The zero-order valence-electron chi connectivity index (χ0n) is 15.3. The average molecular weight is 374 g/mol. The van der Waals surface area contributed by atoms with Crippen LogP contribution in [0.3, 0.4) is 0 Å². The van der Waals surface area contributed by atoms with Crippen molar-refractivity contribution in [1.82, 2.24) is 0 Å². The Morgan fingerprint density at radius 3 is 1.85 bits per heavy atom. The fourth-order valence-corrected chi connectivity index (χ4v) is 3.61. The summed E-state index contributed by atoms with van der Waals surface area (Å²) in [4.78, 5) is 11.2. The molecule has 27 heavy (non-hydrogen) atoms. The molecule has 5 heteroatoms. The normalized spacial score (nSPS) is 14.8. The number of halogens is 3. The van der Waals surface area contributed by atoms with Crippen LogP contribution in [-0.2, 0) is 30.5 Å². The van der Waals surface area contributed by atoms with E-state index in [0.29, 0.717) is 0 Å². The molecule has 0 radical (unpaired) electrons. The van der Waals surface area contributed by atoms with Crippen LogP contribution >= 0.6 is 0 Å². The Kier molecular flexibility index (Phi) is 5.13. The molecule has 0 aromatic heterocycles. The predicted octanol–water partition coefficient (Wildman–Crippen LogP) is 5.22. The van der Waals surface area contributed by atoms with Gasteiger partial charge in [-0.05, 0) is 85.0 Å². The van der Waals surface area contributed by atoms with E-state index >= 15 is 0 Å². The van der Waals surface area contributed by atoms with E-state index < -0.39 is 17.7 Å². The van der Waals surface area contributed by atoms with Gasteiger partial charge in [-0.2, -0.15) is 13.2 Å². The molecule has 3 rings (SSSR count). The number of hydrogen-bond donors (Lipinski definition) is 1. The van der Waals surface area contributed by atoms with Crippen LogP contribution in [-0.4, -0.2) is 17.1 Å². The van der Waals surface area contributed by atoms with Gasteiger partial charge in [0, 0.05) is 11.6 Å². The Morgan fingerprint density at radius 2 is 1.37 bits per heavy atom. The standard InChI is InChI=1S/C22H21F3O2/c1-13-15-4-3-5-16(13)7-9-18-11-19(10-17(8-6-15)14(18)2)20(26)12-21(27)22(23,24)25/h3-5,10-12,26H,6-9H2,1-2H3/b20-12-. The molecular weight excluding hydrogens is 353 g/mol. The van der Waals surface area contributed by atoms with Crippen molar-refractivity contribution in [3.63, 3.8) is 0 Å². The third-order valence-corrected chi connectivity index (χ3v) is 5.35. The first kappa shape index (κ1) is 19.2. The van der Waals surface area contributed by atoms with Crippen LogP contribution in [0.25, 0.3) is 5.76 Å². The van der Waals surface area contributed by atoms with E-state index in [1.165, 1.54) is 16.7 Å². The number of carbonyl (C=O) groups is 1. The molecular formula is C22H21F3O2. The highest BCUT2D eigenvalue weighted by Gasteiger charge is 2.37. The second kappa shape index (κ2) is 7.22. The minimum absolute atomic E-state index is 0.254. The summed E-state index contributed by atoms with van der Waals surface area (Å²) in [6.45, 7) is 4.12. The molecule has 2 aromatic carbocycles. The molecule has 0 heterocycles. The summed E-state index contributed by atoms with van der Waals surface area (Å²) in [5, 5.41) is 10.1. The molecule has 0 unspecified atom stereocenters. The van der Waals surface area contributed by atoms with Crippen molar-refractivity contribution in [2.75, 3.05) is 0 Å². The van der Waals surface area contributed by atoms with Crippen molar-refractivity contribution in [1.29, 1.82) is 0 Å². The second-order valence-electron chi connectivity index (χ2n) is 7.01. The zero-order chi connectivity index (χ0) is 19.8. The van der Waals surface area contributed by atoms with Gasteiger partial charge in [-0.15, -0.1) is 0 Å². The number of rotatable bonds is 2. The van der Waals surface area contributed by atoms with Crippen LogP contribution in [0.5, 0.6) is 0 Å². The van der Waals surface area contributed by atoms with E-state index in [1.807, 2.05) is 6.92 Å². The highest BCUT2D eigenvalue weighted by atomic mass is 19.4. The Labute approximate surface area is 156 Å². The maximum absolute atomic E-state index is 12.5. The number of fused-ring (bicyclic) bond motifs is 4. The third-order valence-electron chi connectivity index (χ3n) is 5.35. The lowest BCUT2D eigenvalue weighted by Gasteiger charge is -2.19. The fourth-order valence-electron chi connectivity index (χ4n) is 3.61. The van der Waals surface area contributed by atoms with E-state index in [4.69, 9.17) is 0 Å². The lowest BCUT2D eigenvalue weighted by Crippen LogP contribution is -2.20. The first-order chi connectivity index (χ1) is 12.7. The van der Waals surface area contributed by atoms with Crippen molar-refractivity contribution in [2.24, 2.45) is 0 Å². The number of aliphatic hydroxyl groups excluding tert-OH is 1. The molecule has 0 aliphatic heterocycles. The Morgan fingerprint density at radius 1 is 0.926 bits per heavy atom. The number of alkyl halides is 3. The molecule has 0 atom stereocenters. The quantitative estimate of drug-likeness (QED) is 0.578. The van der Waals surface area contributed by atoms with Crippen LogP contribution in [0.1, 0.15) is 38.9 Å². The van der Waals surface area contributed by atoms with Crippen molar-refractivity contribution < 1.29 is 23.1 Å². The molecule has 0 saturated heterocycles. The minimum Gasteiger partial charge on any atom is -0.507 e. The minimum atomic E-state index is -4.99. The van der Waals surface area contributed by atoms with Crippen LogP contribution in [0, 0.1) is 13.8 Å². The van der Waals surface area contributed by atoms with Crippen molar-refractivity contribution in [3.8, 4) is 0 Å². The van der Waals surface area contributed by atoms with E-state index in [1.54, 1.807) is 12.1 Å². The van der Waals surface area contributed by atoms with E-state index in [-0.39, 0.29) is 11.6 Å². The van der Waals surface area contributed by atoms with E-state index in [2.05, 4.69) is 25.1 Å². The Hall–Kier alpha value is -2.56. The molecule has 0 spiro atoms. The predicted molar refractivity (Wildman–Crippen MR) is 98.8 cm³/mol. The highest BCUT2D eigenvalue weighted by molar-refractivity contribution is 5.99. The van der Waals surface area contributed by atoms with Gasteiger partial charge >= 0.3 is 6.18 Å². The Balaban J connectivity index is 2.01. The molecule has 2 nitrogen and oxygen atoms in total. The third kappa shape index (κ3) is 4.07. The molecule has 142 valence electrons. The Bertz CT molecular complexity index is 876. The number of aliphatic hydroxyl groups is 1. The van der Waals surface area contributed by atoms with E-state index in [9.17, 15) is 23.1 Å². The maximum Gasteiger partial charge on any atom is 0.454 e. The monoisotopic (exact) mass is 374 g/mol. The summed E-state index contributed by atoms with van der Waals surface area (Å²) in [5.74, 6) is -2.71. The van der Waals surface area contributed by atoms with Gasteiger partial charge < -0.3 is 5.11 Å².